The van der Waals surface area contributed by atoms with E-state index in [2.05, 4.69) is 17.4 Å². The largest absolute Gasteiger partial charge is 0.497 e. The molecule has 1 rings (SSSR count). The van der Waals surface area contributed by atoms with E-state index in [9.17, 15) is 0 Å². The lowest BCUT2D eigenvalue weighted by atomic mass is 10.0. The normalized spacial score (nSPS) is 12.4. The lowest BCUT2D eigenvalue weighted by molar-refractivity contribution is 0.189. The Morgan fingerprint density at radius 3 is 2.38 bits per heavy atom. The summed E-state index contributed by atoms with van der Waals surface area (Å²) in [5.41, 5.74) is 1.29. The molecular formula is C13H21NO2. The number of hydrogen-bond acceptors (Lipinski definition) is 3. The molecular weight excluding hydrogens is 202 g/mol. The first kappa shape index (κ1) is 13.0. The standard InChI is InChI=1S/C13H21NO2/c1-14-13(5-4-10-15-2)11-6-8-12(16-3)9-7-11/h6-9,13-14H,4-5,10H2,1-3H3. The Balaban J connectivity index is 2.56. The second-order valence-corrected chi connectivity index (χ2v) is 3.75. The van der Waals surface area contributed by atoms with Crippen LogP contribution in [-0.2, 0) is 4.74 Å². The molecule has 0 saturated carbocycles. The molecule has 0 fully saturated rings. The molecule has 1 aromatic rings. The van der Waals surface area contributed by atoms with Gasteiger partial charge in [-0.3, -0.25) is 0 Å². The van der Waals surface area contributed by atoms with E-state index in [1.807, 2.05) is 19.2 Å². The van der Waals surface area contributed by atoms with Gasteiger partial charge in [-0.15, -0.1) is 0 Å². The van der Waals surface area contributed by atoms with Crippen molar-refractivity contribution in [2.75, 3.05) is 27.9 Å². The second-order valence-electron chi connectivity index (χ2n) is 3.75. The van der Waals surface area contributed by atoms with Crippen molar-refractivity contribution in [1.29, 1.82) is 0 Å². The summed E-state index contributed by atoms with van der Waals surface area (Å²) >= 11 is 0. The van der Waals surface area contributed by atoms with Crippen LogP contribution in [0.25, 0.3) is 0 Å². The first-order chi connectivity index (χ1) is 7.81. The van der Waals surface area contributed by atoms with Gasteiger partial charge in [0.2, 0.25) is 0 Å². The average molecular weight is 223 g/mol. The molecule has 3 heteroatoms. The van der Waals surface area contributed by atoms with Crippen LogP contribution in [0.5, 0.6) is 5.75 Å². The van der Waals surface area contributed by atoms with Crippen molar-refractivity contribution in [1.82, 2.24) is 5.32 Å². The van der Waals surface area contributed by atoms with Crippen molar-refractivity contribution in [3.05, 3.63) is 29.8 Å². The Morgan fingerprint density at radius 2 is 1.88 bits per heavy atom. The quantitative estimate of drug-likeness (QED) is 0.720. The number of benzene rings is 1. The maximum atomic E-state index is 5.14. The predicted octanol–water partition coefficient (Wildman–Crippen LogP) is 2.38. The van der Waals surface area contributed by atoms with Gasteiger partial charge in [-0.1, -0.05) is 12.1 Å². The summed E-state index contributed by atoms with van der Waals surface area (Å²) in [5, 5.41) is 3.32. The molecule has 1 atom stereocenters. The topological polar surface area (TPSA) is 30.5 Å². The average Bonchev–Trinajstić information content (AvgIpc) is 2.35. The van der Waals surface area contributed by atoms with Crippen LogP contribution in [0.1, 0.15) is 24.4 Å². The van der Waals surface area contributed by atoms with Gasteiger partial charge in [-0.05, 0) is 37.6 Å². The van der Waals surface area contributed by atoms with Crippen molar-refractivity contribution in [3.8, 4) is 5.75 Å². The third-order valence-electron chi connectivity index (χ3n) is 2.71. The van der Waals surface area contributed by atoms with Crippen molar-refractivity contribution < 1.29 is 9.47 Å². The minimum atomic E-state index is 0.390. The molecule has 0 spiro atoms. The first-order valence-corrected chi connectivity index (χ1v) is 5.62. The molecule has 0 radical (unpaired) electrons. The van der Waals surface area contributed by atoms with Gasteiger partial charge in [-0.25, -0.2) is 0 Å². The molecule has 1 aromatic carbocycles. The van der Waals surface area contributed by atoms with Crippen LogP contribution in [0.3, 0.4) is 0 Å². The third-order valence-corrected chi connectivity index (χ3v) is 2.71. The van der Waals surface area contributed by atoms with Crippen LogP contribution in [0.4, 0.5) is 0 Å². The number of hydrogen-bond donors (Lipinski definition) is 1. The smallest absolute Gasteiger partial charge is 0.118 e. The van der Waals surface area contributed by atoms with Gasteiger partial charge in [0.15, 0.2) is 0 Å². The summed E-state index contributed by atoms with van der Waals surface area (Å²) in [6, 6.07) is 8.59. The van der Waals surface area contributed by atoms with Crippen LogP contribution in [0, 0.1) is 0 Å². The van der Waals surface area contributed by atoms with Crippen LogP contribution in [0.15, 0.2) is 24.3 Å². The lowest BCUT2D eigenvalue weighted by Gasteiger charge is -2.16. The monoisotopic (exact) mass is 223 g/mol. The van der Waals surface area contributed by atoms with Crippen molar-refractivity contribution in [2.24, 2.45) is 0 Å². The molecule has 3 nitrogen and oxygen atoms in total. The molecule has 0 aliphatic rings. The van der Waals surface area contributed by atoms with Crippen molar-refractivity contribution in [2.45, 2.75) is 18.9 Å². The molecule has 90 valence electrons. The van der Waals surface area contributed by atoms with Gasteiger partial charge >= 0.3 is 0 Å². The van der Waals surface area contributed by atoms with E-state index in [1.54, 1.807) is 14.2 Å². The van der Waals surface area contributed by atoms with E-state index >= 15 is 0 Å². The highest BCUT2D eigenvalue weighted by Crippen LogP contribution is 2.20. The molecule has 1 unspecified atom stereocenters. The highest BCUT2D eigenvalue weighted by atomic mass is 16.5. The van der Waals surface area contributed by atoms with E-state index in [-0.39, 0.29) is 0 Å². The van der Waals surface area contributed by atoms with E-state index in [0.717, 1.165) is 25.2 Å². The molecule has 0 heterocycles. The molecule has 0 aliphatic heterocycles. The maximum Gasteiger partial charge on any atom is 0.118 e. The number of methoxy groups -OCH3 is 2. The molecule has 0 aromatic heterocycles. The zero-order chi connectivity index (χ0) is 11.8. The lowest BCUT2D eigenvalue weighted by Crippen LogP contribution is -2.16. The minimum Gasteiger partial charge on any atom is -0.497 e. The molecule has 0 aliphatic carbocycles. The van der Waals surface area contributed by atoms with E-state index < -0.39 is 0 Å². The fourth-order valence-electron chi connectivity index (χ4n) is 1.75. The Kier molecular flexibility index (Phi) is 5.90. The Hall–Kier alpha value is -1.06. The minimum absolute atomic E-state index is 0.390. The maximum absolute atomic E-state index is 5.14. The Labute approximate surface area is 97.8 Å². The summed E-state index contributed by atoms with van der Waals surface area (Å²) in [4.78, 5) is 0. The number of nitrogens with one attached hydrogen (secondary N) is 1. The summed E-state index contributed by atoms with van der Waals surface area (Å²) in [6.45, 7) is 0.814. The number of ether oxygens (including phenoxy) is 2. The summed E-state index contributed by atoms with van der Waals surface area (Å²) in [7, 11) is 5.41. The number of rotatable bonds is 7. The second kappa shape index (κ2) is 7.25. The molecule has 0 bridgehead atoms. The molecule has 0 saturated heterocycles. The van der Waals surface area contributed by atoms with E-state index in [4.69, 9.17) is 9.47 Å². The van der Waals surface area contributed by atoms with E-state index in [1.165, 1.54) is 5.56 Å². The fraction of sp³-hybridized carbons (Fsp3) is 0.538. The summed E-state index contributed by atoms with van der Waals surface area (Å²) in [5.74, 6) is 0.899. The zero-order valence-corrected chi connectivity index (χ0v) is 10.3. The van der Waals surface area contributed by atoms with Crippen LogP contribution < -0.4 is 10.1 Å². The fourth-order valence-corrected chi connectivity index (χ4v) is 1.75. The van der Waals surface area contributed by atoms with Gasteiger partial charge in [0.25, 0.3) is 0 Å². The van der Waals surface area contributed by atoms with Gasteiger partial charge in [0, 0.05) is 19.8 Å². The molecule has 16 heavy (non-hydrogen) atoms. The SMILES string of the molecule is CNC(CCCOC)c1ccc(OC)cc1. The van der Waals surface area contributed by atoms with Crippen LogP contribution in [-0.4, -0.2) is 27.9 Å². The van der Waals surface area contributed by atoms with Crippen molar-refractivity contribution in [3.63, 3.8) is 0 Å². The van der Waals surface area contributed by atoms with Gasteiger partial charge in [-0.2, -0.15) is 0 Å². The van der Waals surface area contributed by atoms with Crippen molar-refractivity contribution >= 4 is 0 Å². The van der Waals surface area contributed by atoms with Gasteiger partial charge in [0.05, 0.1) is 7.11 Å². The van der Waals surface area contributed by atoms with E-state index in [0.29, 0.717) is 6.04 Å². The highest BCUT2D eigenvalue weighted by molar-refractivity contribution is 5.29. The Morgan fingerprint density at radius 1 is 1.19 bits per heavy atom. The third kappa shape index (κ3) is 3.83. The zero-order valence-electron chi connectivity index (χ0n) is 10.3. The summed E-state index contributed by atoms with van der Waals surface area (Å²) < 4.78 is 10.2. The van der Waals surface area contributed by atoms with Gasteiger partial charge in [0.1, 0.15) is 5.75 Å². The molecule has 0 amide bonds. The molecule has 1 N–H and O–H groups in total. The van der Waals surface area contributed by atoms with Crippen LogP contribution >= 0.6 is 0 Å². The Bertz CT molecular complexity index is 284. The highest BCUT2D eigenvalue weighted by Gasteiger charge is 2.08. The first-order valence-electron chi connectivity index (χ1n) is 5.62. The summed E-state index contributed by atoms with van der Waals surface area (Å²) in [6.07, 6.45) is 2.14. The van der Waals surface area contributed by atoms with Gasteiger partial charge < -0.3 is 14.8 Å². The van der Waals surface area contributed by atoms with Crippen LogP contribution in [0.2, 0.25) is 0 Å². The predicted molar refractivity (Wildman–Crippen MR) is 65.9 cm³/mol.